The Morgan fingerprint density at radius 1 is 1.17 bits per heavy atom. The fraction of sp³-hybridized carbons (Fsp3) is 0.409. The summed E-state index contributed by atoms with van der Waals surface area (Å²) in [5, 5.41) is 3.11. The summed E-state index contributed by atoms with van der Waals surface area (Å²) in [6.07, 6.45) is 4.80. The number of anilines is 2. The first-order valence-electron chi connectivity index (χ1n) is 10.0. The van der Waals surface area contributed by atoms with Crippen LogP contribution in [0.3, 0.4) is 0 Å². The van der Waals surface area contributed by atoms with E-state index in [-0.39, 0.29) is 10.8 Å². The second kappa shape index (κ2) is 6.23. The fourth-order valence-electron chi connectivity index (χ4n) is 4.56. The Labute approximate surface area is 170 Å². The molecule has 0 bridgehead atoms. The lowest BCUT2D eigenvalue weighted by Crippen LogP contribution is -2.40. The maximum absolute atomic E-state index is 13.4. The van der Waals surface area contributed by atoms with Gasteiger partial charge in [0.1, 0.15) is 10.6 Å². The Hall–Kier alpha value is -2.54. The molecule has 29 heavy (non-hydrogen) atoms. The number of methoxy groups -OCH3 is 1. The van der Waals surface area contributed by atoms with Crippen LogP contribution in [0.15, 0.2) is 41.3 Å². The quantitative estimate of drug-likeness (QED) is 0.811. The highest BCUT2D eigenvalue weighted by molar-refractivity contribution is 7.92. The lowest BCUT2D eigenvalue weighted by Gasteiger charge is -2.36. The third kappa shape index (κ3) is 2.60. The van der Waals surface area contributed by atoms with Crippen LogP contribution in [0.25, 0.3) is 0 Å². The molecule has 2 fully saturated rings. The molecule has 2 saturated carbocycles. The van der Waals surface area contributed by atoms with Crippen LogP contribution in [-0.2, 0) is 20.2 Å². The number of para-hydroxylation sites is 1. The topological polar surface area (TPSA) is 75.7 Å². The predicted octanol–water partition coefficient (Wildman–Crippen LogP) is 3.77. The molecule has 0 aromatic heterocycles. The molecule has 3 aliphatic rings. The molecular formula is C22H24N2O4S. The van der Waals surface area contributed by atoms with E-state index in [1.807, 2.05) is 12.1 Å². The summed E-state index contributed by atoms with van der Waals surface area (Å²) in [6.45, 7) is 0. The first-order valence-corrected chi connectivity index (χ1v) is 11.4. The van der Waals surface area contributed by atoms with Gasteiger partial charge in [0.2, 0.25) is 5.91 Å². The molecule has 2 aromatic carbocycles. The first-order chi connectivity index (χ1) is 13.9. The Balaban J connectivity index is 1.64. The number of hydrogen-bond acceptors (Lipinski definition) is 4. The number of fused-ring (bicyclic) bond motifs is 2. The molecule has 5 rings (SSSR count). The number of ether oxygens (including phenoxy) is 1. The van der Waals surface area contributed by atoms with E-state index in [4.69, 9.17) is 4.74 Å². The van der Waals surface area contributed by atoms with E-state index in [9.17, 15) is 13.2 Å². The van der Waals surface area contributed by atoms with Crippen molar-refractivity contribution in [1.29, 1.82) is 0 Å². The number of sulfonamides is 1. The van der Waals surface area contributed by atoms with Gasteiger partial charge in [0.25, 0.3) is 10.0 Å². The van der Waals surface area contributed by atoms with Gasteiger partial charge in [-0.25, -0.2) is 8.42 Å². The normalized spacial score (nSPS) is 19.4. The minimum Gasteiger partial charge on any atom is -0.495 e. The van der Waals surface area contributed by atoms with Crippen molar-refractivity contribution < 1.29 is 17.9 Å². The van der Waals surface area contributed by atoms with E-state index in [1.54, 1.807) is 31.3 Å². The van der Waals surface area contributed by atoms with E-state index in [2.05, 4.69) is 5.32 Å². The first kappa shape index (κ1) is 18.5. The van der Waals surface area contributed by atoms with Crippen molar-refractivity contribution in [1.82, 2.24) is 0 Å². The van der Waals surface area contributed by atoms with Crippen molar-refractivity contribution >= 4 is 27.3 Å². The van der Waals surface area contributed by atoms with Crippen molar-refractivity contribution in [3.8, 4) is 5.75 Å². The zero-order valence-corrected chi connectivity index (χ0v) is 17.4. The van der Waals surface area contributed by atoms with E-state index >= 15 is 0 Å². The molecule has 1 N–H and O–H groups in total. The predicted molar refractivity (Wildman–Crippen MR) is 111 cm³/mol. The number of nitrogens with zero attached hydrogens (tertiary/aromatic N) is 1. The zero-order chi connectivity index (χ0) is 20.4. The molecule has 6 nitrogen and oxygen atoms in total. The highest BCUT2D eigenvalue weighted by atomic mass is 32.2. The fourth-order valence-corrected chi connectivity index (χ4v) is 5.90. The van der Waals surface area contributed by atoms with E-state index in [0.29, 0.717) is 17.4 Å². The highest BCUT2D eigenvalue weighted by Gasteiger charge is 2.52. The molecule has 1 amide bonds. The number of carbonyl (C=O) groups is 1. The molecule has 1 spiro atoms. The molecule has 0 radical (unpaired) electrons. The lowest BCUT2D eigenvalue weighted by atomic mass is 9.65. The van der Waals surface area contributed by atoms with E-state index in [1.165, 1.54) is 11.4 Å². The second-order valence-corrected chi connectivity index (χ2v) is 10.2. The zero-order valence-electron chi connectivity index (χ0n) is 16.6. The summed E-state index contributed by atoms with van der Waals surface area (Å²) in [5.74, 6) is 0.768. The maximum Gasteiger partial charge on any atom is 0.267 e. The summed E-state index contributed by atoms with van der Waals surface area (Å²) < 4.78 is 33.4. The van der Waals surface area contributed by atoms with Crippen molar-refractivity contribution in [2.75, 3.05) is 23.8 Å². The Morgan fingerprint density at radius 3 is 2.52 bits per heavy atom. The number of carbonyl (C=O) groups excluding carboxylic acids is 1. The molecule has 0 unspecified atom stereocenters. The average molecular weight is 413 g/mol. The second-order valence-electron chi connectivity index (χ2n) is 8.25. The molecule has 1 aliphatic heterocycles. The molecule has 1 heterocycles. The molecule has 0 atom stereocenters. The van der Waals surface area contributed by atoms with Crippen molar-refractivity contribution in [2.24, 2.45) is 0 Å². The summed E-state index contributed by atoms with van der Waals surface area (Å²) in [7, 11) is -0.779. The standard InChI is InChI=1S/C22H24N2O4S/c1-24(29(26,27)19-7-4-3-6-18(19)28-2)15-12-16(14-8-9-14)20-17(13-15)22(10-5-11-22)21(25)23-20/h3-4,6-7,12-14H,5,8-11H2,1-2H3,(H,23,25). The van der Waals surface area contributed by atoms with Crippen LogP contribution in [-0.4, -0.2) is 28.5 Å². The molecular weight excluding hydrogens is 388 g/mol. The van der Waals surface area contributed by atoms with Gasteiger partial charge in [-0.3, -0.25) is 9.10 Å². The van der Waals surface area contributed by atoms with Crippen LogP contribution in [0.5, 0.6) is 5.75 Å². The summed E-state index contributed by atoms with van der Waals surface area (Å²) in [6, 6.07) is 10.5. The molecule has 7 heteroatoms. The Kier molecular flexibility index (Phi) is 3.97. The maximum atomic E-state index is 13.4. The van der Waals surface area contributed by atoms with Crippen LogP contribution in [0.2, 0.25) is 0 Å². The van der Waals surface area contributed by atoms with Gasteiger partial charge in [-0.1, -0.05) is 18.6 Å². The Morgan fingerprint density at radius 2 is 1.90 bits per heavy atom. The number of rotatable bonds is 5. The summed E-state index contributed by atoms with van der Waals surface area (Å²) in [4.78, 5) is 12.9. The largest absolute Gasteiger partial charge is 0.495 e. The summed E-state index contributed by atoms with van der Waals surface area (Å²) >= 11 is 0. The van der Waals surface area contributed by atoms with Crippen molar-refractivity contribution in [2.45, 2.75) is 48.3 Å². The van der Waals surface area contributed by atoms with Crippen molar-refractivity contribution in [3.05, 3.63) is 47.5 Å². The minimum atomic E-state index is -3.81. The number of nitrogens with one attached hydrogen (secondary N) is 1. The Bertz CT molecular complexity index is 1120. The van der Waals surface area contributed by atoms with Gasteiger partial charge in [0.05, 0.1) is 18.2 Å². The van der Waals surface area contributed by atoms with Gasteiger partial charge < -0.3 is 10.1 Å². The van der Waals surface area contributed by atoms with Gasteiger partial charge in [-0.2, -0.15) is 0 Å². The average Bonchev–Trinajstić information content (AvgIpc) is 3.48. The van der Waals surface area contributed by atoms with Crippen LogP contribution in [0.4, 0.5) is 11.4 Å². The van der Waals surface area contributed by atoms with Crippen LogP contribution >= 0.6 is 0 Å². The highest BCUT2D eigenvalue weighted by Crippen LogP contribution is 2.56. The number of amides is 1. The number of benzene rings is 2. The third-order valence-electron chi connectivity index (χ3n) is 6.64. The monoisotopic (exact) mass is 412 g/mol. The van der Waals surface area contributed by atoms with Crippen LogP contribution < -0.4 is 14.4 Å². The van der Waals surface area contributed by atoms with Gasteiger partial charge in [0.15, 0.2) is 0 Å². The van der Waals surface area contributed by atoms with Crippen LogP contribution in [0, 0.1) is 0 Å². The smallest absolute Gasteiger partial charge is 0.267 e. The molecule has 0 saturated heterocycles. The SMILES string of the molecule is COc1ccccc1S(=O)(=O)N(C)c1cc(C2CC2)c2c(c1)C1(CCC1)C(=O)N2. The lowest BCUT2D eigenvalue weighted by molar-refractivity contribution is -0.123. The van der Waals surface area contributed by atoms with Crippen LogP contribution in [0.1, 0.15) is 49.1 Å². The minimum absolute atomic E-state index is 0.0630. The molecule has 2 aromatic rings. The third-order valence-corrected chi connectivity index (χ3v) is 8.46. The van der Waals surface area contributed by atoms with Gasteiger partial charge >= 0.3 is 0 Å². The number of hydrogen-bond donors (Lipinski definition) is 1. The van der Waals surface area contributed by atoms with E-state index < -0.39 is 15.4 Å². The van der Waals surface area contributed by atoms with Gasteiger partial charge in [-0.15, -0.1) is 0 Å². The van der Waals surface area contributed by atoms with Gasteiger partial charge in [0, 0.05) is 12.7 Å². The molecule has 2 aliphatic carbocycles. The summed E-state index contributed by atoms with van der Waals surface area (Å²) in [5.41, 5.74) is 3.07. The van der Waals surface area contributed by atoms with Gasteiger partial charge in [-0.05, 0) is 67.0 Å². The van der Waals surface area contributed by atoms with Crippen molar-refractivity contribution in [3.63, 3.8) is 0 Å². The van der Waals surface area contributed by atoms with E-state index in [0.717, 1.165) is 48.9 Å². The molecule has 152 valence electrons.